The van der Waals surface area contributed by atoms with Gasteiger partial charge < -0.3 is 5.32 Å². The molecule has 0 spiro atoms. The summed E-state index contributed by atoms with van der Waals surface area (Å²) in [5.41, 5.74) is 0. The first-order valence-corrected chi connectivity index (χ1v) is 6.37. The first-order chi connectivity index (χ1) is 7.88. The second kappa shape index (κ2) is 6.59. The maximum absolute atomic E-state index is 12.1. The normalized spacial score (nSPS) is 26.5. The largest absolute Gasteiger partial charge is 0.401 e. The van der Waals surface area contributed by atoms with Crippen LogP contribution >= 0.6 is 0 Å². The molecule has 0 aliphatic heterocycles. The van der Waals surface area contributed by atoms with Gasteiger partial charge in [-0.25, -0.2) is 0 Å². The highest BCUT2D eigenvalue weighted by Crippen LogP contribution is 2.23. The highest BCUT2D eigenvalue weighted by atomic mass is 19.4. The predicted octanol–water partition coefficient (Wildman–Crippen LogP) is 2.65. The van der Waals surface area contributed by atoms with Gasteiger partial charge in [-0.3, -0.25) is 4.90 Å². The summed E-state index contributed by atoms with van der Waals surface area (Å²) in [5, 5.41) is 3.38. The highest BCUT2D eigenvalue weighted by Gasteiger charge is 2.29. The van der Waals surface area contributed by atoms with Gasteiger partial charge in [-0.2, -0.15) is 13.2 Å². The van der Waals surface area contributed by atoms with Crippen LogP contribution in [0.4, 0.5) is 13.2 Å². The molecule has 0 heterocycles. The Morgan fingerprint density at radius 1 is 1.24 bits per heavy atom. The van der Waals surface area contributed by atoms with E-state index in [2.05, 4.69) is 12.2 Å². The zero-order chi connectivity index (χ0) is 12.9. The van der Waals surface area contributed by atoms with E-state index in [1.165, 1.54) is 31.2 Å². The Hall–Kier alpha value is -0.290. The quantitative estimate of drug-likeness (QED) is 0.809. The minimum atomic E-state index is -4.09. The van der Waals surface area contributed by atoms with Crippen molar-refractivity contribution in [2.45, 2.75) is 44.8 Å². The van der Waals surface area contributed by atoms with Gasteiger partial charge in [0.15, 0.2) is 0 Å². The van der Waals surface area contributed by atoms with Crippen LogP contribution in [-0.4, -0.2) is 43.8 Å². The van der Waals surface area contributed by atoms with E-state index in [1.54, 1.807) is 0 Å². The molecule has 0 aromatic carbocycles. The molecule has 102 valence electrons. The van der Waals surface area contributed by atoms with E-state index in [1.807, 2.05) is 0 Å². The molecule has 17 heavy (non-hydrogen) atoms. The molecule has 2 nitrogen and oxygen atoms in total. The number of alkyl halides is 3. The molecule has 5 heteroatoms. The molecule has 1 rings (SSSR count). The van der Waals surface area contributed by atoms with Crippen LogP contribution in [0.25, 0.3) is 0 Å². The zero-order valence-electron chi connectivity index (χ0n) is 10.7. The molecule has 1 aliphatic carbocycles. The number of nitrogens with zero attached hydrogens (tertiary/aromatic N) is 1. The number of likely N-dealkylation sites (N-methyl/N-ethyl adjacent to an activating group) is 1. The van der Waals surface area contributed by atoms with Crippen molar-refractivity contribution in [3.8, 4) is 0 Å². The van der Waals surface area contributed by atoms with E-state index in [4.69, 9.17) is 0 Å². The fourth-order valence-corrected chi connectivity index (χ4v) is 2.45. The van der Waals surface area contributed by atoms with E-state index >= 15 is 0 Å². The van der Waals surface area contributed by atoms with Crippen LogP contribution in [0.3, 0.4) is 0 Å². The average Bonchev–Trinajstić information content (AvgIpc) is 2.18. The third kappa shape index (κ3) is 6.27. The predicted molar refractivity (Wildman–Crippen MR) is 63.0 cm³/mol. The maximum atomic E-state index is 12.1. The van der Waals surface area contributed by atoms with E-state index in [0.29, 0.717) is 25.0 Å². The van der Waals surface area contributed by atoms with Crippen LogP contribution in [0, 0.1) is 5.92 Å². The fourth-order valence-electron chi connectivity index (χ4n) is 2.45. The highest BCUT2D eigenvalue weighted by molar-refractivity contribution is 4.78. The van der Waals surface area contributed by atoms with Gasteiger partial charge in [-0.05, 0) is 25.8 Å². The molecule has 0 radical (unpaired) electrons. The Balaban J connectivity index is 2.14. The molecule has 1 saturated carbocycles. The molecule has 0 aromatic heterocycles. The molecule has 0 saturated heterocycles. The number of nitrogens with one attached hydrogen (secondary N) is 1. The lowest BCUT2D eigenvalue weighted by molar-refractivity contribution is -0.142. The lowest BCUT2D eigenvalue weighted by Crippen LogP contribution is -2.42. The van der Waals surface area contributed by atoms with Crippen LogP contribution in [0.1, 0.15) is 32.6 Å². The monoisotopic (exact) mass is 252 g/mol. The van der Waals surface area contributed by atoms with E-state index in [0.717, 1.165) is 6.42 Å². The van der Waals surface area contributed by atoms with Crippen LogP contribution in [-0.2, 0) is 0 Å². The summed E-state index contributed by atoms with van der Waals surface area (Å²) >= 11 is 0. The van der Waals surface area contributed by atoms with Crippen molar-refractivity contribution in [3.63, 3.8) is 0 Å². The molecule has 2 atom stereocenters. The van der Waals surface area contributed by atoms with Crippen molar-refractivity contribution in [1.82, 2.24) is 10.2 Å². The summed E-state index contributed by atoms with van der Waals surface area (Å²) in [6.07, 6.45) is 0.820. The lowest BCUT2D eigenvalue weighted by atomic mass is 9.86. The van der Waals surface area contributed by atoms with Crippen molar-refractivity contribution in [1.29, 1.82) is 0 Å². The van der Waals surface area contributed by atoms with Gasteiger partial charge >= 0.3 is 6.18 Å². The number of hydrogen-bond donors (Lipinski definition) is 1. The minimum absolute atomic E-state index is 0.447. The molecule has 0 aromatic rings. The molecule has 1 N–H and O–H groups in total. The first-order valence-electron chi connectivity index (χ1n) is 6.37. The smallest absolute Gasteiger partial charge is 0.312 e. The molecule has 2 unspecified atom stereocenters. The summed E-state index contributed by atoms with van der Waals surface area (Å²) in [4.78, 5) is 1.32. The van der Waals surface area contributed by atoms with Gasteiger partial charge in [0.05, 0.1) is 6.54 Å². The van der Waals surface area contributed by atoms with E-state index in [9.17, 15) is 13.2 Å². The minimum Gasteiger partial charge on any atom is -0.312 e. The summed E-state index contributed by atoms with van der Waals surface area (Å²) < 4.78 is 36.3. The van der Waals surface area contributed by atoms with Gasteiger partial charge in [0.2, 0.25) is 0 Å². The summed E-state index contributed by atoms with van der Waals surface area (Å²) in [6.45, 7) is 2.48. The third-order valence-electron chi connectivity index (χ3n) is 3.46. The molecule has 0 amide bonds. The zero-order valence-corrected chi connectivity index (χ0v) is 10.7. The SMILES string of the molecule is CC1CCCCC1NCCN(C)CC(F)(F)F. The second-order valence-corrected chi connectivity index (χ2v) is 5.18. The fraction of sp³-hybridized carbons (Fsp3) is 1.00. The standard InChI is InChI=1S/C12H23F3N2/c1-10-5-3-4-6-11(10)16-7-8-17(2)9-12(13,14)15/h10-11,16H,3-9H2,1-2H3. The lowest BCUT2D eigenvalue weighted by Gasteiger charge is -2.30. The van der Waals surface area contributed by atoms with Crippen LogP contribution in [0.2, 0.25) is 0 Å². The molecular weight excluding hydrogens is 229 g/mol. The van der Waals surface area contributed by atoms with Crippen molar-refractivity contribution in [2.75, 3.05) is 26.7 Å². The van der Waals surface area contributed by atoms with Crippen LogP contribution in [0.5, 0.6) is 0 Å². The second-order valence-electron chi connectivity index (χ2n) is 5.18. The topological polar surface area (TPSA) is 15.3 Å². The molecule has 1 aliphatic rings. The summed E-state index contributed by atoms with van der Waals surface area (Å²) in [7, 11) is 1.51. The van der Waals surface area contributed by atoms with Crippen LogP contribution < -0.4 is 5.32 Å². The third-order valence-corrected chi connectivity index (χ3v) is 3.46. The van der Waals surface area contributed by atoms with Crippen molar-refractivity contribution in [2.24, 2.45) is 5.92 Å². The van der Waals surface area contributed by atoms with Crippen LogP contribution in [0.15, 0.2) is 0 Å². The number of hydrogen-bond acceptors (Lipinski definition) is 2. The maximum Gasteiger partial charge on any atom is 0.401 e. The number of rotatable bonds is 5. The summed E-state index contributed by atoms with van der Waals surface area (Å²) in [6, 6.07) is 0.489. The van der Waals surface area contributed by atoms with Gasteiger partial charge in [-0.15, -0.1) is 0 Å². The van der Waals surface area contributed by atoms with Gasteiger partial charge in [-0.1, -0.05) is 19.8 Å². The molecule has 1 fully saturated rings. The van der Waals surface area contributed by atoms with E-state index in [-0.39, 0.29) is 0 Å². The Morgan fingerprint density at radius 3 is 2.47 bits per heavy atom. The Labute approximate surface area is 102 Å². The summed E-state index contributed by atoms with van der Waals surface area (Å²) in [5.74, 6) is 0.650. The van der Waals surface area contributed by atoms with Crippen molar-refractivity contribution >= 4 is 0 Å². The van der Waals surface area contributed by atoms with Gasteiger partial charge in [0.25, 0.3) is 0 Å². The van der Waals surface area contributed by atoms with Gasteiger partial charge in [0, 0.05) is 19.1 Å². The molecule has 0 bridgehead atoms. The Bertz CT molecular complexity index is 218. The Kier molecular flexibility index (Phi) is 5.73. The van der Waals surface area contributed by atoms with Crippen molar-refractivity contribution in [3.05, 3.63) is 0 Å². The van der Waals surface area contributed by atoms with E-state index < -0.39 is 12.7 Å². The average molecular weight is 252 g/mol. The van der Waals surface area contributed by atoms with Gasteiger partial charge in [0.1, 0.15) is 0 Å². The molecular formula is C12H23F3N2. The Morgan fingerprint density at radius 2 is 1.88 bits per heavy atom. The first kappa shape index (κ1) is 14.8. The van der Waals surface area contributed by atoms with Crippen molar-refractivity contribution < 1.29 is 13.2 Å². The number of halogens is 3.